The smallest absolute Gasteiger partial charge is 0.407 e. The Morgan fingerprint density at radius 1 is 0.893 bits per heavy atom. The molecule has 0 heterocycles. The number of alkyl carbamates (subject to hydrolysis) is 2. The summed E-state index contributed by atoms with van der Waals surface area (Å²) in [4.78, 5) is 33.0. The molecule has 2 aliphatic carbocycles. The lowest BCUT2D eigenvalue weighted by Crippen LogP contribution is -2.36. The average Bonchev–Trinajstić information content (AvgIpc) is 3.45. The van der Waals surface area contributed by atoms with Crippen LogP contribution < -0.4 is 10.6 Å². The van der Waals surface area contributed by atoms with Crippen molar-refractivity contribution in [2.75, 3.05) is 19.7 Å². The molecular formula is C20H36N2O6. The Kier molecular flexibility index (Phi) is 7.88. The van der Waals surface area contributed by atoms with Gasteiger partial charge in [-0.05, 0) is 67.2 Å². The van der Waals surface area contributed by atoms with E-state index < -0.39 is 23.4 Å². The highest BCUT2D eigenvalue weighted by Gasteiger charge is 2.43. The fourth-order valence-corrected chi connectivity index (χ4v) is 2.20. The van der Waals surface area contributed by atoms with Gasteiger partial charge < -0.3 is 30.0 Å². The van der Waals surface area contributed by atoms with Gasteiger partial charge in [0, 0.05) is 23.9 Å². The van der Waals surface area contributed by atoms with Crippen molar-refractivity contribution in [1.82, 2.24) is 10.6 Å². The molecule has 2 fully saturated rings. The second kappa shape index (κ2) is 9.11. The van der Waals surface area contributed by atoms with Crippen molar-refractivity contribution in [2.45, 2.75) is 78.4 Å². The van der Waals surface area contributed by atoms with E-state index in [4.69, 9.17) is 14.6 Å². The second-order valence-corrected chi connectivity index (χ2v) is 9.85. The van der Waals surface area contributed by atoms with Crippen LogP contribution >= 0.6 is 0 Å². The third kappa shape index (κ3) is 9.92. The summed E-state index contributed by atoms with van der Waals surface area (Å²) in [7, 11) is 0. The summed E-state index contributed by atoms with van der Waals surface area (Å²) in [6, 6.07) is 0. The van der Waals surface area contributed by atoms with E-state index in [2.05, 4.69) is 10.6 Å². The van der Waals surface area contributed by atoms with E-state index in [0.29, 0.717) is 13.1 Å². The van der Waals surface area contributed by atoms with Gasteiger partial charge in [-0.15, -0.1) is 0 Å². The minimum absolute atomic E-state index is 0.0586. The lowest BCUT2D eigenvalue weighted by atomic mass is 10.1. The molecule has 8 heteroatoms. The van der Waals surface area contributed by atoms with Gasteiger partial charge in [-0.1, -0.05) is 0 Å². The molecule has 0 aliphatic heterocycles. The van der Waals surface area contributed by atoms with E-state index in [1.807, 2.05) is 20.8 Å². The Labute approximate surface area is 167 Å². The second-order valence-electron chi connectivity index (χ2n) is 9.85. The molecule has 0 saturated heterocycles. The molecule has 2 rings (SSSR count). The van der Waals surface area contributed by atoms with Crippen LogP contribution in [0.25, 0.3) is 0 Å². The lowest BCUT2D eigenvalue weighted by molar-refractivity contribution is -0.112. The number of aliphatic hydroxyl groups excluding tert-OH is 1. The standard InChI is InChI=1S/C10H19NO3.C10H17NO3/c2*1-9(2,3)14-8(13)11-6-10(7-12)4-5-10/h12H,4-7H2,1-3H3,(H,11,13);7H,4-6H2,1-3H3,(H,11,13). The third-order valence-electron chi connectivity index (χ3n) is 4.43. The first-order valence-electron chi connectivity index (χ1n) is 9.75. The van der Waals surface area contributed by atoms with Crippen LogP contribution in [-0.4, -0.2) is 54.5 Å². The molecule has 0 unspecified atom stereocenters. The SMILES string of the molecule is CC(C)(C)OC(=O)NCC1(C=O)CC1.CC(C)(C)OC(=O)NCC1(CO)CC1. The maximum absolute atomic E-state index is 11.2. The van der Waals surface area contributed by atoms with Crippen molar-refractivity contribution in [1.29, 1.82) is 0 Å². The van der Waals surface area contributed by atoms with E-state index in [-0.39, 0.29) is 17.4 Å². The highest BCUT2D eigenvalue weighted by molar-refractivity contribution is 5.70. The molecule has 0 aromatic heterocycles. The number of carbonyl (C=O) groups is 3. The summed E-state index contributed by atoms with van der Waals surface area (Å²) in [5.41, 5.74) is -1.30. The molecule has 8 nitrogen and oxygen atoms in total. The molecule has 0 atom stereocenters. The maximum Gasteiger partial charge on any atom is 0.407 e. The molecule has 2 aliphatic rings. The first-order chi connectivity index (χ1) is 12.7. The van der Waals surface area contributed by atoms with Gasteiger partial charge in [-0.25, -0.2) is 9.59 Å². The largest absolute Gasteiger partial charge is 0.444 e. The fraction of sp³-hybridized carbons (Fsp3) is 0.850. The van der Waals surface area contributed by atoms with Crippen LogP contribution in [0.2, 0.25) is 0 Å². The van der Waals surface area contributed by atoms with Gasteiger partial charge in [0.25, 0.3) is 0 Å². The summed E-state index contributed by atoms with van der Waals surface area (Å²) in [6.07, 6.45) is 3.77. The summed E-state index contributed by atoms with van der Waals surface area (Å²) >= 11 is 0. The first-order valence-corrected chi connectivity index (χ1v) is 9.75. The summed E-state index contributed by atoms with van der Waals surface area (Å²) < 4.78 is 10.1. The van der Waals surface area contributed by atoms with Crippen molar-refractivity contribution in [2.24, 2.45) is 10.8 Å². The van der Waals surface area contributed by atoms with E-state index in [9.17, 15) is 14.4 Å². The minimum atomic E-state index is -0.484. The monoisotopic (exact) mass is 400 g/mol. The number of rotatable bonds is 6. The maximum atomic E-state index is 11.2. The van der Waals surface area contributed by atoms with Gasteiger partial charge in [0.2, 0.25) is 0 Å². The third-order valence-corrected chi connectivity index (χ3v) is 4.43. The zero-order valence-electron chi connectivity index (χ0n) is 18.0. The van der Waals surface area contributed by atoms with Crippen molar-refractivity contribution < 1.29 is 29.0 Å². The van der Waals surface area contributed by atoms with Gasteiger partial charge >= 0.3 is 12.2 Å². The highest BCUT2D eigenvalue weighted by Crippen LogP contribution is 2.44. The molecule has 162 valence electrons. The molecule has 28 heavy (non-hydrogen) atoms. The van der Waals surface area contributed by atoms with Crippen LogP contribution in [0.3, 0.4) is 0 Å². The zero-order valence-corrected chi connectivity index (χ0v) is 18.0. The summed E-state index contributed by atoms with van der Waals surface area (Å²) in [6.45, 7) is 11.9. The Balaban J connectivity index is 0.000000280. The summed E-state index contributed by atoms with van der Waals surface area (Å²) in [5, 5.41) is 14.3. The van der Waals surface area contributed by atoms with Gasteiger partial charge in [0.05, 0.1) is 6.61 Å². The normalized spacial score (nSPS) is 18.7. The Morgan fingerprint density at radius 2 is 1.32 bits per heavy atom. The van der Waals surface area contributed by atoms with Crippen LogP contribution in [0.1, 0.15) is 67.2 Å². The van der Waals surface area contributed by atoms with Crippen molar-refractivity contribution >= 4 is 18.5 Å². The number of aliphatic hydroxyl groups is 1. The Morgan fingerprint density at radius 3 is 1.61 bits per heavy atom. The molecular weight excluding hydrogens is 364 g/mol. The number of carbonyl (C=O) groups excluding carboxylic acids is 3. The number of ether oxygens (including phenoxy) is 2. The number of hydrogen-bond donors (Lipinski definition) is 3. The minimum Gasteiger partial charge on any atom is -0.444 e. The van der Waals surface area contributed by atoms with Crippen molar-refractivity contribution in [3.63, 3.8) is 0 Å². The van der Waals surface area contributed by atoms with Gasteiger partial charge in [0.1, 0.15) is 17.5 Å². The molecule has 2 saturated carbocycles. The van der Waals surface area contributed by atoms with Crippen LogP contribution in [-0.2, 0) is 14.3 Å². The molecule has 0 aromatic carbocycles. The Bertz CT molecular complexity index is 554. The predicted molar refractivity (Wildman–Crippen MR) is 105 cm³/mol. The van der Waals surface area contributed by atoms with E-state index >= 15 is 0 Å². The quantitative estimate of drug-likeness (QED) is 0.591. The van der Waals surface area contributed by atoms with Crippen molar-refractivity contribution in [3.05, 3.63) is 0 Å². The average molecular weight is 401 g/mol. The number of aldehydes is 1. The van der Waals surface area contributed by atoms with Crippen molar-refractivity contribution in [3.8, 4) is 0 Å². The molecule has 3 N–H and O–H groups in total. The molecule has 0 bridgehead atoms. The number of hydrogen-bond acceptors (Lipinski definition) is 6. The Hall–Kier alpha value is -1.83. The fourth-order valence-electron chi connectivity index (χ4n) is 2.20. The van der Waals surface area contributed by atoms with Crippen LogP contribution in [0.4, 0.5) is 9.59 Å². The van der Waals surface area contributed by atoms with E-state index in [0.717, 1.165) is 32.0 Å². The predicted octanol–water partition coefficient (Wildman–Crippen LogP) is 2.77. The first kappa shape index (κ1) is 24.2. The van der Waals surface area contributed by atoms with E-state index in [1.165, 1.54) is 0 Å². The van der Waals surface area contributed by atoms with Crippen LogP contribution in [0, 0.1) is 10.8 Å². The summed E-state index contributed by atoms with van der Waals surface area (Å²) in [5.74, 6) is 0. The topological polar surface area (TPSA) is 114 Å². The van der Waals surface area contributed by atoms with Gasteiger partial charge in [-0.2, -0.15) is 0 Å². The van der Waals surface area contributed by atoms with Crippen LogP contribution in [0.5, 0.6) is 0 Å². The lowest BCUT2D eigenvalue weighted by Gasteiger charge is -2.21. The number of nitrogens with one attached hydrogen (secondary N) is 2. The zero-order chi connectivity index (χ0) is 21.6. The van der Waals surface area contributed by atoms with Crippen LogP contribution in [0.15, 0.2) is 0 Å². The molecule has 0 spiro atoms. The molecule has 0 aromatic rings. The van der Waals surface area contributed by atoms with Gasteiger partial charge in [0.15, 0.2) is 0 Å². The van der Waals surface area contributed by atoms with Gasteiger partial charge in [-0.3, -0.25) is 0 Å². The van der Waals surface area contributed by atoms with E-state index in [1.54, 1.807) is 20.8 Å². The highest BCUT2D eigenvalue weighted by atomic mass is 16.6. The molecule has 0 radical (unpaired) electrons. The molecule has 2 amide bonds. The number of amides is 2.